The van der Waals surface area contributed by atoms with Gasteiger partial charge in [0.15, 0.2) is 0 Å². The third kappa shape index (κ3) is 6.60. The molecule has 9 heteroatoms. The van der Waals surface area contributed by atoms with E-state index in [2.05, 4.69) is 66.4 Å². The highest BCUT2D eigenvalue weighted by molar-refractivity contribution is 5.94. The Balaban J connectivity index is 1.63. The van der Waals surface area contributed by atoms with Crippen LogP contribution in [0.4, 0.5) is 5.69 Å². The second kappa shape index (κ2) is 13.3. The molecule has 2 saturated heterocycles. The Morgan fingerprint density at radius 1 is 1.12 bits per heavy atom. The van der Waals surface area contributed by atoms with E-state index in [1.807, 2.05) is 17.3 Å². The van der Waals surface area contributed by atoms with Crippen molar-refractivity contribution in [3.05, 3.63) is 47.8 Å². The van der Waals surface area contributed by atoms with Crippen molar-refractivity contribution < 1.29 is 14.3 Å². The molecule has 0 bridgehead atoms. The topological polar surface area (TPSA) is 89.1 Å². The van der Waals surface area contributed by atoms with E-state index in [1.54, 1.807) is 14.0 Å². The lowest BCUT2D eigenvalue weighted by molar-refractivity contribution is -0.157. The first-order chi connectivity index (χ1) is 20.6. The quantitative estimate of drug-likeness (QED) is 0.355. The van der Waals surface area contributed by atoms with Crippen LogP contribution in [0, 0.1) is 5.41 Å². The predicted molar refractivity (Wildman–Crippen MR) is 173 cm³/mol. The summed E-state index contributed by atoms with van der Waals surface area (Å²) >= 11 is 0. The lowest BCUT2D eigenvalue weighted by Gasteiger charge is -2.43. The van der Waals surface area contributed by atoms with E-state index < -0.39 is 6.04 Å². The van der Waals surface area contributed by atoms with Crippen LogP contribution in [0.2, 0.25) is 0 Å². The van der Waals surface area contributed by atoms with Crippen molar-refractivity contribution >= 4 is 22.5 Å². The molecule has 2 aromatic heterocycles. The van der Waals surface area contributed by atoms with Crippen molar-refractivity contribution in [2.75, 3.05) is 57.9 Å². The summed E-state index contributed by atoms with van der Waals surface area (Å²) in [4.78, 5) is 20.3. The van der Waals surface area contributed by atoms with Crippen LogP contribution in [0.3, 0.4) is 0 Å². The summed E-state index contributed by atoms with van der Waals surface area (Å²) in [5, 5.41) is 5.42. The van der Waals surface area contributed by atoms with Gasteiger partial charge in [-0.1, -0.05) is 13.8 Å². The van der Waals surface area contributed by atoms with E-state index in [4.69, 9.17) is 20.2 Å². The molecule has 0 radical (unpaired) electrons. The van der Waals surface area contributed by atoms with Gasteiger partial charge < -0.3 is 24.7 Å². The molecule has 4 heterocycles. The van der Waals surface area contributed by atoms with Gasteiger partial charge in [-0.25, -0.2) is 5.01 Å². The fraction of sp³-hybridized carbons (Fsp3) is 0.588. The number of pyridine rings is 1. The van der Waals surface area contributed by atoms with Gasteiger partial charge in [-0.15, -0.1) is 0 Å². The van der Waals surface area contributed by atoms with Crippen molar-refractivity contribution in [1.29, 1.82) is 0 Å². The van der Waals surface area contributed by atoms with Gasteiger partial charge in [-0.2, -0.15) is 0 Å². The number of anilines is 1. The number of aryl methyl sites for hydroxylation is 1. The number of aromatic nitrogens is 2. The Bertz CT molecular complexity index is 1410. The van der Waals surface area contributed by atoms with E-state index in [0.29, 0.717) is 0 Å². The Kier molecular flexibility index (Phi) is 9.76. The minimum atomic E-state index is -0.511. The third-order valence-corrected chi connectivity index (χ3v) is 8.96. The molecule has 9 nitrogen and oxygen atoms in total. The second-order valence-electron chi connectivity index (χ2n) is 12.9. The molecule has 1 aromatic carbocycles. The number of benzene rings is 1. The van der Waals surface area contributed by atoms with E-state index in [-0.39, 0.29) is 17.4 Å². The summed E-state index contributed by atoms with van der Waals surface area (Å²) < 4.78 is 13.9. The van der Waals surface area contributed by atoms with Crippen LogP contribution < -0.4 is 10.6 Å². The minimum Gasteiger partial charge on any atom is -0.378 e. The molecular weight excluding hydrogens is 540 g/mol. The molecule has 234 valence electrons. The molecule has 2 aliphatic heterocycles. The average Bonchev–Trinajstić information content (AvgIpc) is 3.32. The largest absolute Gasteiger partial charge is 0.378 e. The van der Waals surface area contributed by atoms with Crippen LogP contribution in [0.5, 0.6) is 0 Å². The Hall–Kier alpha value is -2.98. The van der Waals surface area contributed by atoms with Crippen molar-refractivity contribution in [2.24, 2.45) is 11.1 Å². The lowest BCUT2D eigenvalue weighted by atomic mass is 9.83. The van der Waals surface area contributed by atoms with Crippen molar-refractivity contribution in [3.8, 4) is 11.3 Å². The standard InChI is InChI=1S/C34H50N6O3/c1-7-39-30-13-12-26(37-17-19-43-20-18-37)21-28(30)29(32(39)27-11-10-14-36-31(27)25(3)42-6)22-34(4,5)23-38-15-8-9-16-40(38)33(41)24(2)35/h10-14,21,24-25H,7-9,15-20,22-23,35H2,1-6H3. The molecule has 0 spiro atoms. The zero-order valence-electron chi connectivity index (χ0n) is 26.9. The maximum atomic E-state index is 13.0. The molecule has 3 aromatic rings. The van der Waals surface area contributed by atoms with Gasteiger partial charge in [-0.3, -0.25) is 14.8 Å². The molecule has 0 aliphatic carbocycles. The molecule has 2 N–H and O–H groups in total. The Labute approximate surface area is 256 Å². The Morgan fingerprint density at radius 2 is 1.86 bits per heavy atom. The number of amides is 1. The van der Waals surface area contributed by atoms with Crippen LogP contribution >= 0.6 is 0 Å². The zero-order chi connectivity index (χ0) is 30.7. The number of morpholine rings is 1. The highest BCUT2D eigenvalue weighted by Crippen LogP contribution is 2.42. The third-order valence-electron chi connectivity index (χ3n) is 8.96. The number of carbonyl (C=O) groups is 1. The van der Waals surface area contributed by atoms with Crippen LogP contribution in [0.15, 0.2) is 36.5 Å². The summed E-state index contributed by atoms with van der Waals surface area (Å²) in [6.07, 6.45) is 4.64. The molecule has 2 unspecified atom stereocenters. The van der Waals surface area contributed by atoms with Crippen molar-refractivity contribution in [3.63, 3.8) is 0 Å². The molecule has 43 heavy (non-hydrogen) atoms. The average molecular weight is 591 g/mol. The van der Waals surface area contributed by atoms with E-state index >= 15 is 0 Å². The number of nitrogens with two attached hydrogens (primary N) is 1. The van der Waals surface area contributed by atoms with Gasteiger partial charge in [0.1, 0.15) is 0 Å². The van der Waals surface area contributed by atoms with Crippen LogP contribution in [0.1, 0.15) is 64.8 Å². The summed E-state index contributed by atoms with van der Waals surface area (Å²) in [7, 11) is 1.74. The zero-order valence-corrected chi connectivity index (χ0v) is 26.9. The highest BCUT2D eigenvalue weighted by Gasteiger charge is 2.34. The molecule has 2 aliphatic rings. The van der Waals surface area contributed by atoms with Crippen LogP contribution in [-0.2, 0) is 27.2 Å². The van der Waals surface area contributed by atoms with E-state index in [9.17, 15) is 4.79 Å². The van der Waals surface area contributed by atoms with Gasteiger partial charge in [0.2, 0.25) is 0 Å². The fourth-order valence-corrected chi connectivity index (χ4v) is 6.79. The maximum Gasteiger partial charge on any atom is 0.253 e. The molecule has 2 fully saturated rings. The smallest absolute Gasteiger partial charge is 0.253 e. The number of hydrazine groups is 1. The van der Waals surface area contributed by atoms with Gasteiger partial charge in [0.25, 0.3) is 5.91 Å². The normalized spacial score (nSPS) is 18.3. The van der Waals surface area contributed by atoms with Gasteiger partial charge in [0, 0.05) is 74.7 Å². The first kappa shape index (κ1) is 31.4. The first-order valence-electron chi connectivity index (χ1n) is 15.9. The fourth-order valence-electron chi connectivity index (χ4n) is 6.79. The number of ether oxygens (including phenoxy) is 2. The van der Waals surface area contributed by atoms with Crippen LogP contribution in [0.25, 0.3) is 22.2 Å². The van der Waals surface area contributed by atoms with E-state index in [0.717, 1.165) is 83.0 Å². The minimum absolute atomic E-state index is 0.00230. The van der Waals surface area contributed by atoms with Crippen molar-refractivity contribution in [2.45, 2.75) is 72.6 Å². The number of carbonyl (C=O) groups excluding carboxylic acids is 1. The number of nitrogens with zero attached hydrogens (tertiary/aromatic N) is 5. The summed E-state index contributed by atoms with van der Waals surface area (Å²) in [5.74, 6) is 0.00230. The van der Waals surface area contributed by atoms with Gasteiger partial charge >= 0.3 is 0 Å². The van der Waals surface area contributed by atoms with Gasteiger partial charge in [0.05, 0.1) is 36.7 Å². The van der Waals surface area contributed by atoms with Crippen LogP contribution in [-0.4, -0.2) is 84.6 Å². The molecule has 2 atom stereocenters. The SMILES string of the molecule is CCn1c(-c2cccnc2C(C)OC)c(CC(C)(C)CN2CCCCN2C(=O)C(C)N)c2cc(N3CCOCC3)ccc21. The number of hydrogen-bond acceptors (Lipinski definition) is 7. The monoisotopic (exact) mass is 590 g/mol. The molecular formula is C34H50N6O3. The number of methoxy groups -OCH3 is 1. The first-order valence-corrected chi connectivity index (χ1v) is 15.9. The Morgan fingerprint density at radius 3 is 2.56 bits per heavy atom. The summed E-state index contributed by atoms with van der Waals surface area (Å²) in [6, 6.07) is 10.6. The summed E-state index contributed by atoms with van der Waals surface area (Å²) in [5.41, 5.74) is 13.0. The molecule has 5 rings (SSSR count). The lowest BCUT2D eigenvalue weighted by Crippen LogP contribution is -2.56. The molecule has 1 amide bonds. The molecule has 0 saturated carbocycles. The number of rotatable bonds is 10. The maximum absolute atomic E-state index is 13.0. The number of hydrogen-bond donors (Lipinski definition) is 1. The van der Waals surface area contributed by atoms with E-state index in [1.165, 1.54) is 27.8 Å². The van der Waals surface area contributed by atoms with Gasteiger partial charge in [-0.05, 0) is 81.3 Å². The van der Waals surface area contributed by atoms with Crippen molar-refractivity contribution in [1.82, 2.24) is 19.6 Å². The predicted octanol–water partition coefficient (Wildman–Crippen LogP) is 5.02. The summed E-state index contributed by atoms with van der Waals surface area (Å²) in [6.45, 7) is 17.2. The number of fused-ring (bicyclic) bond motifs is 1. The highest BCUT2D eigenvalue weighted by atomic mass is 16.5. The second-order valence-corrected chi connectivity index (χ2v) is 12.9.